The number of sulfonamides is 1. The molecule has 0 saturated heterocycles. The van der Waals surface area contributed by atoms with Crippen molar-refractivity contribution in [2.45, 2.75) is 31.3 Å². The van der Waals surface area contributed by atoms with Crippen LogP contribution >= 0.6 is 0 Å². The highest BCUT2D eigenvalue weighted by molar-refractivity contribution is 7.89. The zero-order chi connectivity index (χ0) is 21.0. The number of carbonyl (C=O) groups excluding carboxylic acids is 1. The van der Waals surface area contributed by atoms with Crippen LogP contribution in [-0.4, -0.2) is 33.6 Å². The van der Waals surface area contributed by atoms with Crippen LogP contribution in [0.5, 0.6) is 11.5 Å². The molecule has 0 radical (unpaired) electrons. The average molecular weight is 422 g/mol. The standard InChI is InChI=1S/C20H23FN2O5S/c1-13(2)19(20(24)22-12-14-3-5-15(21)6-4-14)23-29(25,26)16-7-8-17-18(11-16)28-10-9-27-17/h3-8,11,13,19,23H,9-10,12H2,1-2H3,(H,22,24)/t19-/m1/s1. The SMILES string of the molecule is CC(C)[C@@H](NS(=O)(=O)c1ccc2c(c1)OCCO2)C(=O)NCc1ccc(F)cc1. The molecule has 2 aromatic carbocycles. The third-order valence-electron chi connectivity index (χ3n) is 4.44. The minimum absolute atomic E-state index is 0.0151. The van der Waals surface area contributed by atoms with Gasteiger partial charge in [-0.2, -0.15) is 4.72 Å². The maximum absolute atomic E-state index is 13.0. The number of benzene rings is 2. The topological polar surface area (TPSA) is 93.7 Å². The molecule has 0 spiro atoms. The van der Waals surface area contributed by atoms with Crippen LogP contribution in [0.15, 0.2) is 47.4 Å². The predicted molar refractivity (Wildman–Crippen MR) is 105 cm³/mol. The summed E-state index contributed by atoms with van der Waals surface area (Å²) in [6.07, 6.45) is 0. The Morgan fingerprint density at radius 2 is 1.72 bits per heavy atom. The maximum Gasteiger partial charge on any atom is 0.241 e. The molecule has 0 aliphatic carbocycles. The van der Waals surface area contributed by atoms with E-state index in [1.165, 1.54) is 30.3 Å². The molecular weight excluding hydrogens is 399 g/mol. The van der Waals surface area contributed by atoms with Gasteiger partial charge in [0, 0.05) is 12.6 Å². The van der Waals surface area contributed by atoms with Gasteiger partial charge in [0.2, 0.25) is 15.9 Å². The fourth-order valence-corrected chi connectivity index (χ4v) is 4.18. The van der Waals surface area contributed by atoms with Crippen LogP contribution in [0.4, 0.5) is 4.39 Å². The number of amides is 1. The Balaban J connectivity index is 1.71. The first kappa shape index (κ1) is 21.1. The van der Waals surface area contributed by atoms with Crippen molar-refractivity contribution in [2.75, 3.05) is 13.2 Å². The average Bonchev–Trinajstić information content (AvgIpc) is 2.71. The summed E-state index contributed by atoms with van der Waals surface area (Å²) in [4.78, 5) is 12.6. The summed E-state index contributed by atoms with van der Waals surface area (Å²) >= 11 is 0. The molecule has 156 valence electrons. The maximum atomic E-state index is 13.0. The van der Waals surface area contributed by atoms with Crippen molar-refractivity contribution in [3.05, 3.63) is 53.8 Å². The van der Waals surface area contributed by atoms with E-state index in [0.717, 1.165) is 0 Å². The van der Waals surface area contributed by atoms with E-state index in [4.69, 9.17) is 9.47 Å². The molecule has 29 heavy (non-hydrogen) atoms. The molecule has 3 rings (SSSR count). The largest absolute Gasteiger partial charge is 0.486 e. The zero-order valence-corrected chi connectivity index (χ0v) is 17.0. The molecule has 0 aromatic heterocycles. The Hall–Kier alpha value is -2.65. The van der Waals surface area contributed by atoms with Crippen LogP contribution in [0.1, 0.15) is 19.4 Å². The smallest absolute Gasteiger partial charge is 0.241 e. The van der Waals surface area contributed by atoms with Gasteiger partial charge in [0.25, 0.3) is 0 Å². The number of halogens is 1. The van der Waals surface area contributed by atoms with E-state index in [1.807, 2.05) is 0 Å². The summed E-state index contributed by atoms with van der Waals surface area (Å²) < 4.78 is 51.9. The van der Waals surface area contributed by atoms with Gasteiger partial charge in [-0.1, -0.05) is 26.0 Å². The predicted octanol–water partition coefficient (Wildman–Crippen LogP) is 2.22. The van der Waals surface area contributed by atoms with Gasteiger partial charge in [0.15, 0.2) is 11.5 Å². The van der Waals surface area contributed by atoms with Crippen LogP contribution in [0, 0.1) is 11.7 Å². The van der Waals surface area contributed by atoms with Gasteiger partial charge in [-0.3, -0.25) is 4.79 Å². The van der Waals surface area contributed by atoms with Gasteiger partial charge in [-0.25, -0.2) is 12.8 Å². The summed E-state index contributed by atoms with van der Waals surface area (Å²) in [5.41, 5.74) is 0.706. The van der Waals surface area contributed by atoms with E-state index in [2.05, 4.69) is 10.0 Å². The molecule has 0 bridgehead atoms. The van der Waals surface area contributed by atoms with Gasteiger partial charge in [0.05, 0.1) is 4.90 Å². The molecule has 0 unspecified atom stereocenters. The van der Waals surface area contributed by atoms with Crippen molar-refractivity contribution in [1.82, 2.24) is 10.0 Å². The Kier molecular flexibility index (Phi) is 6.39. The zero-order valence-electron chi connectivity index (χ0n) is 16.1. The van der Waals surface area contributed by atoms with Crippen LogP contribution in [-0.2, 0) is 21.4 Å². The molecule has 1 aliphatic rings. The summed E-state index contributed by atoms with van der Waals surface area (Å²) in [7, 11) is -3.97. The van der Waals surface area contributed by atoms with Gasteiger partial charge >= 0.3 is 0 Å². The van der Waals surface area contributed by atoms with Crippen molar-refractivity contribution in [1.29, 1.82) is 0 Å². The highest BCUT2D eigenvalue weighted by Crippen LogP contribution is 2.32. The third-order valence-corrected chi connectivity index (χ3v) is 5.87. The van der Waals surface area contributed by atoms with Crippen molar-refractivity contribution in [3.8, 4) is 11.5 Å². The van der Waals surface area contributed by atoms with Crippen molar-refractivity contribution >= 4 is 15.9 Å². The normalized spacial score (nSPS) is 14.5. The van der Waals surface area contributed by atoms with Gasteiger partial charge in [-0.05, 0) is 35.7 Å². The lowest BCUT2D eigenvalue weighted by molar-refractivity contribution is -0.123. The third kappa shape index (κ3) is 5.24. The number of rotatable bonds is 7. The summed E-state index contributed by atoms with van der Waals surface area (Å²) in [5.74, 6) is -0.304. The number of hydrogen-bond donors (Lipinski definition) is 2. The van der Waals surface area contributed by atoms with Crippen molar-refractivity contribution < 1.29 is 27.1 Å². The number of nitrogens with one attached hydrogen (secondary N) is 2. The Labute approximate surface area is 169 Å². The number of ether oxygens (including phenoxy) is 2. The van der Waals surface area contributed by atoms with E-state index >= 15 is 0 Å². The minimum atomic E-state index is -3.97. The molecule has 1 amide bonds. The van der Waals surface area contributed by atoms with E-state index < -0.39 is 22.0 Å². The highest BCUT2D eigenvalue weighted by Gasteiger charge is 2.29. The lowest BCUT2D eigenvalue weighted by Crippen LogP contribution is -2.49. The van der Waals surface area contributed by atoms with Crippen LogP contribution in [0.2, 0.25) is 0 Å². The molecule has 9 heteroatoms. The summed E-state index contributed by atoms with van der Waals surface area (Å²) in [6, 6.07) is 9.04. The van der Waals surface area contributed by atoms with Crippen molar-refractivity contribution in [3.63, 3.8) is 0 Å². The van der Waals surface area contributed by atoms with Gasteiger partial charge in [-0.15, -0.1) is 0 Å². The second-order valence-electron chi connectivity index (χ2n) is 6.99. The van der Waals surface area contributed by atoms with Gasteiger partial charge in [0.1, 0.15) is 25.1 Å². The van der Waals surface area contributed by atoms with E-state index in [-0.39, 0.29) is 23.2 Å². The molecule has 1 heterocycles. The molecule has 1 aliphatic heterocycles. The fourth-order valence-electron chi connectivity index (χ4n) is 2.82. The molecule has 7 nitrogen and oxygen atoms in total. The summed E-state index contributed by atoms with van der Waals surface area (Å²) in [6.45, 7) is 4.39. The number of carbonyl (C=O) groups is 1. The highest BCUT2D eigenvalue weighted by atomic mass is 32.2. The number of hydrogen-bond acceptors (Lipinski definition) is 5. The Bertz CT molecular complexity index is 977. The lowest BCUT2D eigenvalue weighted by atomic mass is 10.0. The quantitative estimate of drug-likeness (QED) is 0.714. The lowest BCUT2D eigenvalue weighted by Gasteiger charge is -2.23. The monoisotopic (exact) mass is 422 g/mol. The van der Waals surface area contributed by atoms with Crippen LogP contribution in [0.25, 0.3) is 0 Å². The fraction of sp³-hybridized carbons (Fsp3) is 0.350. The van der Waals surface area contributed by atoms with E-state index in [0.29, 0.717) is 30.3 Å². The molecule has 1 atom stereocenters. The van der Waals surface area contributed by atoms with E-state index in [1.54, 1.807) is 26.0 Å². The molecule has 0 saturated carbocycles. The van der Waals surface area contributed by atoms with Crippen LogP contribution in [0.3, 0.4) is 0 Å². The van der Waals surface area contributed by atoms with Gasteiger partial charge < -0.3 is 14.8 Å². The second kappa shape index (κ2) is 8.79. The molecule has 0 fully saturated rings. The number of fused-ring (bicyclic) bond motifs is 1. The molecular formula is C20H23FN2O5S. The minimum Gasteiger partial charge on any atom is -0.486 e. The summed E-state index contributed by atoms with van der Waals surface area (Å²) in [5, 5.41) is 2.69. The molecule has 2 N–H and O–H groups in total. The molecule has 2 aromatic rings. The first-order valence-corrected chi connectivity index (χ1v) is 10.7. The first-order valence-electron chi connectivity index (χ1n) is 9.20. The van der Waals surface area contributed by atoms with Crippen LogP contribution < -0.4 is 19.5 Å². The first-order chi connectivity index (χ1) is 13.8. The van der Waals surface area contributed by atoms with E-state index in [9.17, 15) is 17.6 Å². The Morgan fingerprint density at radius 3 is 2.38 bits per heavy atom. The second-order valence-corrected chi connectivity index (χ2v) is 8.71. The van der Waals surface area contributed by atoms with Crippen molar-refractivity contribution in [2.24, 2.45) is 5.92 Å². The Morgan fingerprint density at radius 1 is 1.07 bits per heavy atom.